The molecule has 0 spiro atoms. The van der Waals surface area contributed by atoms with Crippen molar-refractivity contribution in [2.75, 3.05) is 0 Å². The molecule has 2 aromatic heterocycles. The van der Waals surface area contributed by atoms with Gasteiger partial charge in [0, 0.05) is 16.6 Å². The summed E-state index contributed by atoms with van der Waals surface area (Å²) in [5.41, 5.74) is -0.00491. The Bertz CT molecular complexity index is 1640. The molecule has 6 nitrogen and oxygen atoms in total. The zero-order chi connectivity index (χ0) is 23.8. The molecule has 2 N–H and O–H groups in total. The Morgan fingerprint density at radius 2 is 1.59 bits per heavy atom. The highest BCUT2D eigenvalue weighted by molar-refractivity contribution is 7.99. The van der Waals surface area contributed by atoms with Crippen molar-refractivity contribution in [1.29, 1.82) is 0 Å². The van der Waals surface area contributed by atoms with E-state index in [2.05, 4.69) is 0 Å². The van der Waals surface area contributed by atoms with Gasteiger partial charge in [0.15, 0.2) is 5.75 Å². The van der Waals surface area contributed by atoms with Crippen LogP contribution >= 0.6 is 11.8 Å². The molecule has 2 heterocycles. The van der Waals surface area contributed by atoms with Crippen LogP contribution in [0.3, 0.4) is 0 Å². The summed E-state index contributed by atoms with van der Waals surface area (Å²) in [6, 6.07) is 22.1. The van der Waals surface area contributed by atoms with Gasteiger partial charge >= 0.3 is 5.63 Å². The molecule has 0 bridgehead atoms. The molecule has 3 aromatic carbocycles. The summed E-state index contributed by atoms with van der Waals surface area (Å²) in [4.78, 5) is 26.6. The summed E-state index contributed by atoms with van der Waals surface area (Å²) in [6.07, 6.45) is 0. The monoisotopic (exact) mass is 473 g/mol. The Labute approximate surface area is 196 Å². The van der Waals surface area contributed by atoms with Crippen LogP contribution in [-0.4, -0.2) is 14.8 Å². The molecule has 8 heteroatoms. The summed E-state index contributed by atoms with van der Waals surface area (Å²) in [5, 5.41) is 20.5. The average Bonchev–Trinajstić information content (AvgIpc) is 2.83. The number of halogens is 1. The highest BCUT2D eigenvalue weighted by Gasteiger charge is 2.22. The van der Waals surface area contributed by atoms with Crippen LogP contribution in [0.15, 0.2) is 109 Å². The quantitative estimate of drug-likeness (QED) is 0.367. The topological polar surface area (TPSA) is 92.7 Å². The zero-order valence-electron chi connectivity index (χ0n) is 17.4. The van der Waals surface area contributed by atoms with Gasteiger partial charge in [0.2, 0.25) is 0 Å². The van der Waals surface area contributed by atoms with E-state index in [-0.39, 0.29) is 21.6 Å². The third kappa shape index (κ3) is 3.84. The Hall–Kier alpha value is -4.30. The number of hydrogen-bond acceptors (Lipinski definition) is 6. The number of phenols is 1. The molecule has 168 valence electrons. The maximum Gasteiger partial charge on any atom is 0.354 e. The molecule has 5 rings (SSSR count). The summed E-state index contributed by atoms with van der Waals surface area (Å²) >= 11 is 0.805. The smallest absolute Gasteiger partial charge is 0.354 e. The highest BCUT2D eigenvalue weighted by Crippen LogP contribution is 2.37. The molecule has 0 amide bonds. The lowest BCUT2D eigenvalue weighted by atomic mass is 10.1. The fourth-order valence-electron chi connectivity index (χ4n) is 3.66. The van der Waals surface area contributed by atoms with E-state index in [4.69, 9.17) is 4.42 Å². The van der Waals surface area contributed by atoms with E-state index in [0.29, 0.717) is 21.8 Å². The molecule has 34 heavy (non-hydrogen) atoms. The fraction of sp³-hybridized carbons (Fsp3) is 0. The number of pyridine rings is 1. The van der Waals surface area contributed by atoms with Gasteiger partial charge in [-0.3, -0.25) is 9.36 Å². The zero-order valence-corrected chi connectivity index (χ0v) is 18.3. The van der Waals surface area contributed by atoms with Crippen LogP contribution in [0.2, 0.25) is 0 Å². The molecular weight excluding hydrogens is 457 g/mol. The Morgan fingerprint density at radius 3 is 2.29 bits per heavy atom. The van der Waals surface area contributed by atoms with Gasteiger partial charge < -0.3 is 14.6 Å². The first-order valence-corrected chi connectivity index (χ1v) is 11.0. The largest absolute Gasteiger partial charge is 0.508 e. The molecule has 0 saturated carbocycles. The van der Waals surface area contributed by atoms with Gasteiger partial charge in [-0.15, -0.1) is 0 Å². The minimum absolute atomic E-state index is 0.0291. The number of phenolic OH excluding ortho intramolecular Hbond substituents is 1. The minimum atomic E-state index is -0.847. The van der Waals surface area contributed by atoms with Crippen molar-refractivity contribution in [2.24, 2.45) is 0 Å². The van der Waals surface area contributed by atoms with Crippen molar-refractivity contribution in [3.63, 3.8) is 0 Å². The first kappa shape index (κ1) is 21.5. The second kappa shape index (κ2) is 8.57. The number of nitrogens with zero attached hydrogens (tertiary/aromatic N) is 1. The van der Waals surface area contributed by atoms with E-state index < -0.39 is 22.8 Å². The van der Waals surface area contributed by atoms with E-state index in [9.17, 15) is 24.2 Å². The van der Waals surface area contributed by atoms with Gasteiger partial charge in [0.1, 0.15) is 27.4 Å². The summed E-state index contributed by atoms with van der Waals surface area (Å²) in [7, 11) is 0. The number of fused-ring (bicyclic) bond motifs is 1. The van der Waals surface area contributed by atoms with Crippen LogP contribution in [-0.2, 0) is 0 Å². The second-order valence-corrected chi connectivity index (χ2v) is 8.50. The fourth-order valence-corrected chi connectivity index (χ4v) is 4.54. The van der Waals surface area contributed by atoms with E-state index in [1.54, 1.807) is 42.5 Å². The van der Waals surface area contributed by atoms with E-state index in [0.717, 1.165) is 11.8 Å². The second-order valence-electron chi connectivity index (χ2n) is 7.42. The van der Waals surface area contributed by atoms with E-state index >= 15 is 0 Å². The van der Waals surface area contributed by atoms with Crippen LogP contribution in [0.5, 0.6) is 11.5 Å². The third-order valence-corrected chi connectivity index (χ3v) is 6.26. The minimum Gasteiger partial charge on any atom is -0.508 e. The van der Waals surface area contributed by atoms with Gasteiger partial charge in [0.05, 0.1) is 5.69 Å². The van der Waals surface area contributed by atoms with Crippen molar-refractivity contribution in [2.45, 2.75) is 9.79 Å². The Morgan fingerprint density at radius 1 is 0.853 bits per heavy atom. The maximum atomic E-state index is 13.7. The molecule has 0 aliphatic rings. The Balaban J connectivity index is 1.81. The molecule has 0 atom stereocenters. The van der Waals surface area contributed by atoms with Crippen LogP contribution in [0.4, 0.5) is 4.39 Å². The lowest BCUT2D eigenvalue weighted by Gasteiger charge is -2.15. The summed E-state index contributed by atoms with van der Waals surface area (Å²) in [5.74, 6) is -1.02. The van der Waals surface area contributed by atoms with Gasteiger partial charge in [-0.25, -0.2) is 9.18 Å². The predicted molar refractivity (Wildman–Crippen MR) is 127 cm³/mol. The predicted octanol–water partition coefficient (Wildman–Crippen LogP) is 5.31. The van der Waals surface area contributed by atoms with Crippen molar-refractivity contribution < 1.29 is 19.0 Å². The lowest BCUT2D eigenvalue weighted by Crippen LogP contribution is -2.21. The Kier molecular flexibility index (Phi) is 5.43. The molecule has 0 radical (unpaired) electrons. The molecule has 0 unspecified atom stereocenters. The highest BCUT2D eigenvalue weighted by atomic mass is 32.2. The number of hydrogen-bond donors (Lipinski definition) is 2. The van der Waals surface area contributed by atoms with Gasteiger partial charge in [-0.1, -0.05) is 48.2 Å². The SMILES string of the molecule is O=c1oc2cc(-c3ccccc3)n(-c3ccc(O)cc3)c(=O)c2c(O)c1Sc1cccc(F)c1. The number of benzene rings is 3. The van der Waals surface area contributed by atoms with Crippen LogP contribution in [0, 0.1) is 5.82 Å². The first-order valence-electron chi connectivity index (χ1n) is 10.2. The summed E-state index contributed by atoms with van der Waals surface area (Å²) < 4.78 is 20.4. The maximum absolute atomic E-state index is 13.7. The van der Waals surface area contributed by atoms with Gasteiger partial charge in [-0.2, -0.15) is 0 Å². The van der Waals surface area contributed by atoms with Crippen molar-refractivity contribution in [3.8, 4) is 28.4 Å². The molecule has 0 fully saturated rings. The standard InChI is InChI=1S/C26H16FNO5S/c27-16-7-4-8-19(13-16)34-24-23(30)22-21(33-26(24)32)14-20(15-5-2-1-3-6-15)28(25(22)31)17-9-11-18(29)12-10-17/h1-14,29-30H. The lowest BCUT2D eigenvalue weighted by molar-refractivity contribution is 0.446. The summed E-state index contributed by atoms with van der Waals surface area (Å²) in [6.45, 7) is 0. The van der Waals surface area contributed by atoms with Crippen LogP contribution in [0.1, 0.15) is 0 Å². The third-order valence-electron chi connectivity index (χ3n) is 5.21. The van der Waals surface area contributed by atoms with Gasteiger partial charge in [-0.05, 0) is 48.0 Å². The average molecular weight is 473 g/mol. The number of aromatic nitrogens is 1. The molecule has 0 aliphatic carbocycles. The molecule has 0 aliphatic heterocycles. The molecular formula is C26H16FNO5S. The van der Waals surface area contributed by atoms with Crippen LogP contribution in [0.25, 0.3) is 27.9 Å². The van der Waals surface area contributed by atoms with Crippen molar-refractivity contribution in [1.82, 2.24) is 4.57 Å². The number of aromatic hydroxyl groups is 2. The van der Waals surface area contributed by atoms with E-state index in [1.807, 2.05) is 6.07 Å². The molecule has 0 saturated heterocycles. The van der Waals surface area contributed by atoms with Gasteiger partial charge in [0.25, 0.3) is 5.56 Å². The molecule has 5 aromatic rings. The normalized spacial score (nSPS) is 11.1. The number of rotatable bonds is 4. The first-order chi connectivity index (χ1) is 16.4. The van der Waals surface area contributed by atoms with Crippen molar-refractivity contribution in [3.05, 3.63) is 112 Å². The van der Waals surface area contributed by atoms with Crippen molar-refractivity contribution >= 4 is 22.7 Å². The van der Waals surface area contributed by atoms with E-state index in [1.165, 1.54) is 41.0 Å². The van der Waals surface area contributed by atoms with Crippen LogP contribution < -0.4 is 11.2 Å².